The van der Waals surface area contributed by atoms with Crippen molar-refractivity contribution in [1.82, 2.24) is 30.4 Å². The summed E-state index contributed by atoms with van der Waals surface area (Å²) in [5, 5.41) is 13.4. The first kappa shape index (κ1) is 11.7. The van der Waals surface area contributed by atoms with E-state index in [2.05, 4.69) is 30.4 Å². The highest BCUT2D eigenvalue weighted by atomic mass is 15.2. The van der Waals surface area contributed by atoms with Crippen molar-refractivity contribution in [2.75, 3.05) is 0 Å². The van der Waals surface area contributed by atoms with E-state index in [1.807, 2.05) is 36.4 Å². The molecule has 3 rings (SSSR count). The fraction of sp³-hybridized carbons (Fsp3) is 0. The molecule has 0 saturated carbocycles. The molecule has 0 aliphatic rings. The van der Waals surface area contributed by atoms with E-state index in [1.165, 1.54) is 12.7 Å². The van der Waals surface area contributed by atoms with Crippen molar-refractivity contribution < 1.29 is 0 Å². The van der Waals surface area contributed by atoms with Crippen molar-refractivity contribution in [2.24, 2.45) is 0 Å². The average molecular weight is 238 g/mol. The van der Waals surface area contributed by atoms with Gasteiger partial charge in [0.2, 0.25) is 0 Å². The number of nitrogens with zero attached hydrogens (tertiary/aromatic N) is 6. The molecule has 0 spiro atoms. The van der Waals surface area contributed by atoms with E-state index in [4.69, 9.17) is 0 Å². The van der Waals surface area contributed by atoms with Gasteiger partial charge in [0.1, 0.15) is 0 Å². The highest BCUT2D eigenvalue weighted by molar-refractivity contribution is 5.52. The van der Waals surface area contributed by atoms with E-state index in [0.29, 0.717) is 0 Å². The second-order valence-electron chi connectivity index (χ2n) is 3.12. The van der Waals surface area contributed by atoms with Gasteiger partial charge in [-0.2, -0.15) is 0 Å². The first-order valence-corrected chi connectivity index (χ1v) is 5.22. The van der Waals surface area contributed by atoms with Gasteiger partial charge in [0, 0.05) is 12.4 Å². The number of hydrogen-bond acceptors (Lipinski definition) is 6. The second-order valence-corrected chi connectivity index (χ2v) is 3.12. The quantitative estimate of drug-likeness (QED) is 0.638. The molecule has 0 aromatic carbocycles. The normalized spacial score (nSPS) is 9.11. The Morgan fingerprint density at radius 3 is 1.28 bits per heavy atom. The minimum Gasteiger partial charge on any atom is -0.255 e. The fourth-order valence-corrected chi connectivity index (χ4v) is 1.19. The highest BCUT2D eigenvalue weighted by Crippen LogP contribution is 2.10. The smallest absolute Gasteiger partial charge is 0.160 e. The molecule has 0 aliphatic heterocycles. The van der Waals surface area contributed by atoms with Crippen molar-refractivity contribution in [3.63, 3.8) is 0 Å². The Morgan fingerprint density at radius 2 is 1.00 bits per heavy atom. The Morgan fingerprint density at radius 1 is 0.556 bits per heavy atom. The van der Waals surface area contributed by atoms with E-state index in [9.17, 15) is 0 Å². The number of pyridine rings is 2. The predicted molar refractivity (Wildman–Crippen MR) is 65.1 cm³/mol. The molecule has 88 valence electrons. The molecule has 0 aliphatic carbocycles. The van der Waals surface area contributed by atoms with E-state index >= 15 is 0 Å². The van der Waals surface area contributed by atoms with Crippen molar-refractivity contribution in [3.8, 4) is 11.4 Å². The van der Waals surface area contributed by atoms with Gasteiger partial charge in [-0.25, -0.2) is 0 Å². The van der Waals surface area contributed by atoms with Crippen LogP contribution in [0.4, 0.5) is 0 Å². The van der Waals surface area contributed by atoms with Crippen molar-refractivity contribution >= 4 is 0 Å². The lowest BCUT2D eigenvalue weighted by atomic mass is 10.2. The van der Waals surface area contributed by atoms with Crippen LogP contribution in [-0.2, 0) is 0 Å². The maximum atomic E-state index is 4.19. The van der Waals surface area contributed by atoms with Crippen LogP contribution in [0.1, 0.15) is 0 Å². The van der Waals surface area contributed by atoms with Gasteiger partial charge in [0.05, 0.1) is 11.4 Å². The largest absolute Gasteiger partial charge is 0.255 e. The van der Waals surface area contributed by atoms with Gasteiger partial charge in [0.15, 0.2) is 12.7 Å². The van der Waals surface area contributed by atoms with Crippen LogP contribution < -0.4 is 0 Å². The minimum atomic E-state index is 0.915. The van der Waals surface area contributed by atoms with Crippen LogP contribution in [0.5, 0.6) is 0 Å². The highest BCUT2D eigenvalue weighted by Gasteiger charge is 1.95. The summed E-state index contributed by atoms with van der Waals surface area (Å²) in [7, 11) is 0. The second kappa shape index (κ2) is 6.74. The Hall–Kier alpha value is -2.76. The summed E-state index contributed by atoms with van der Waals surface area (Å²) < 4.78 is 0. The molecule has 0 bridgehead atoms. The van der Waals surface area contributed by atoms with Gasteiger partial charge in [-0.15, -0.1) is 20.4 Å². The number of aromatic nitrogens is 6. The topological polar surface area (TPSA) is 77.3 Å². The van der Waals surface area contributed by atoms with Crippen LogP contribution in [0.25, 0.3) is 11.4 Å². The molecule has 0 saturated heterocycles. The molecule has 18 heavy (non-hydrogen) atoms. The zero-order valence-corrected chi connectivity index (χ0v) is 9.46. The third-order valence-electron chi connectivity index (χ3n) is 1.93. The van der Waals surface area contributed by atoms with E-state index in [-0.39, 0.29) is 0 Å². The van der Waals surface area contributed by atoms with Crippen LogP contribution in [0, 0.1) is 0 Å². The summed E-state index contributed by atoms with van der Waals surface area (Å²) >= 11 is 0. The molecule has 0 amide bonds. The maximum absolute atomic E-state index is 4.19. The Balaban J connectivity index is 0.000000169. The fourth-order valence-electron chi connectivity index (χ4n) is 1.19. The molecule has 3 aromatic heterocycles. The summed E-state index contributed by atoms with van der Waals surface area (Å²) in [4.78, 5) is 8.37. The SMILES string of the molecule is c1ccc(-c2ccccn2)nc1.c1nncnn1. The van der Waals surface area contributed by atoms with Gasteiger partial charge in [-0.1, -0.05) is 12.1 Å². The zero-order valence-electron chi connectivity index (χ0n) is 9.46. The van der Waals surface area contributed by atoms with Crippen molar-refractivity contribution in [3.05, 3.63) is 61.4 Å². The summed E-state index contributed by atoms with van der Waals surface area (Å²) in [5.74, 6) is 0. The van der Waals surface area contributed by atoms with Crippen molar-refractivity contribution in [1.29, 1.82) is 0 Å². The summed E-state index contributed by atoms with van der Waals surface area (Å²) in [6, 6.07) is 11.6. The molecule has 0 unspecified atom stereocenters. The van der Waals surface area contributed by atoms with Crippen LogP contribution in [0.15, 0.2) is 61.4 Å². The molecular weight excluding hydrogens is 228 g/mol. The van der Waals surface area contributed by atoms with Gasteiger partial charge < -0.3 is 0 Å². The van der Waals surface area contributed by atoms with Crippen LogP contribution in [0.2, 0.25) is 0 Å². The molecular formula is C12H10N6. The molecule has 3 heterocycles. The minimum absolute atomic E-state index is 0.915. The summed E-state index contributed by atoms with van der Waals surface area (Å²) in [6.45, 7) is 0. The lowest BCUT2D eigenvalue weighted by Gasteiger charge is -1.96. The summed E-state index contributed by atoms with van der Waals surface area (Å²) in [6.07, 6.45) is 6.09. The molecule has 3 aromatic rings. The standard InChI is InChI=1S/C10H8N2.C2H2N4/c1-3-7-11-9(5-1)10-6-2-4-8-12-10;1-3-5-2-6-4-1/h1-8H;1-2H. The van der Waals surface area contributed by atoms with E-state index in [0.717, 1.165) is 11.4 Å². The third-order valence-corrected chi connectivity index (χ3v) is 1.93. The molecule has 0 fully saturated rings. The Kier molecular flexibility index (Phi) is 4.39. The van der Waals surface area contributed by atoms with Crippen LogP contribution >= 0.6 is 0 Å². The number of rotatable bonds is 1. The maximum Gasteiger partial charge on any atom is 0.160 e. The molecule has 0 N–H and O–H groups in total. The Bertz CT molecular complexity index is 479. The van der Waals surface area contributed by atoms with Crippen LogP contribution in [-0.4, -0.2) is 30.4 Å². The zero-order chi connectivity index (χ0) is 12.5. The lowest BCUT2D eigenvalue weighted by Crippen LogP contribution is -1.83. The van der Waals surface area contributed by atoms with Gasteiger partial charge in [-0.3, -0.25) is 9.97 Å². The monoisotopic (exact) mass is 238 g/mol. The van der Waals surface area contributed by atoms with E-state index in [1.54, 1.807) is 12.4 Å². The summed E-state index contributed by atoms with van der Waals surface area (Å²) in [5.41, 5.74) is 1.83. The average Bonchev–Trinajstić information content (AvgIpc) is 2.51. The Labute approximate surface area is 104 Å². The number of hydrogen-bond donors (Lipinski definition) is 0. The predicted octanol–water partition coefficient (Wildman–Crippen LogP) is 1.41. The van der Waals surface area contributed by atoms with E-state index < -0.39 is 0 Å². The van der Waals surface area contributed by atoms with Crippen molar-refractivity contribution in [2.45, 2.75) is 0 Å². The van der Waals surface area contributed by atoms with Gasteiger partial charge in [0.25, 0.3) is 0 Å². The molecule has 0 atom stereocenters. The molecule has 0 radical (unpaired) electrons. The third kappa shape index (κ3) is 3.67. The van der Waals surface area contributed by atoms with Gasteiger partial charge in [-0.05, 0) is 24.3 Å². The lowest BCUT2D eigenvalue weighted by molar-refractivity contribution is 0.853. The first-order chi connectivity index (χ1) is 8.97. The molecule has 6 heteroatoms. The van der Waals surface area contributed by atoms with Crippen LogP contribution in [0.3, 0.4) is 0 Å². The molecule has 6 nitrogen and oxygen atoms in total. The first-order valence-electron chi connectivity index (χ1n) is 5.22. The van der Waals surface area contributed by atoms with Gasteiger partial charge >= 0.3 is 0 Å².